The van der Waals surface area contributed by atoms with Crippen LogP contribution in [0.1, 0.15) is 36.0 Å². The number of carbonyl (C=O) groups excluding carboxylic acids is 3. The molecule has 11 heteroatoms. The Labute approximate surface area is 209 Å². The first-order chi connectivity index (χ1) is 16.9. The molecule has 1 aromatic heterocycles. The maximum Gasteiger partial charge on any atom is 0.265 e. The summed E-state index contributed by atoms with van der Waals surface area (Å²) < 4.78 is 6.08. The number of amidine groups is 1. The van der Waals surface area contributed by atoms with Gasteiger partial charge in [-0.3, -0.25) is 24.3 Å². The predicted molar refractivity (Wildman–Crippen MR) is 133 cm³/mol. The predicted octanol–water partition coefficient (Wildman–Crippen LogP) is 3.18. The van der Waals surface area contributed by atoms with Crippen molar-refractivity contribution in [3.63, 3.8) is 0 Å². The molecule has 9 nitrogen and oxygen atoms in total. The SMILES string of the molecule is NC(COc1cccc(CN2C(=O)c3cccc(NC(=O)c4ccc(Cl)s4)c3C2=O)c1)=NCCO. The highest BCUT2D eigenvalue weighted by molar-refractivity contribution is 7.18. The molecule has 0 radical (unpaired) electrons. The molecule has 0 atom stereocenters. The van der Waals surface area contributed by atoms with E-state index in [-0.39, 0.29) is 49.0 Å². The first-order valence-corrected chi connectivity index (χ1v) is 11.7. The number of rotatable bonds is 9. The van der Waals surface area contributed by atoms with E-state index in [2.05, 4.69) is 10.3 Å². The van der Waals surface area contributed by atoms with Crippen molar-refractivity contribution in [2.45, 2.75) is 6.54 Å². The molecule has 1 aliphatic rings. The molecule has 0 saturated heterocycles. The summed E-state index contributed by atoms with van der Waals surface area (Å²) in [6.45, 7) is 0.142. The number of fused-ring (bicyclic) bond motifs is 1. The lowest BCUT2D eigenvalue weighted by Crippen LogP contribution is -2.29. The van der Waals surface area contributed by atoms with Gasteiger partial charge in [-0.2, -0.15) is 0 Å². The number of carbonyl (C=O) groups is 3. The van der Waals surface area contributed by atoms with Gasteiger partial charge < -0.3 is 20.9 Å². The van der Waals surface area contributed by atoms with Gasteiger partial charge in [-0.25, -0.2) is 0 Å². The van der Waals surface area contributed by atoms with Crippen molar-refractivity contribution in [2.24, 2.45) is 10.7 Å². The van der Waals surface area contributed by atoms with Crippen LogP contribution in [0, 0.1) is 0 Å². The van der Waals surface area contributed by atoms with Crippen LogP contribution in [0.15, 0.2) is 59.6 Å². The van der Waals surface area contributed by atoms with Gasteiger partial charge >= 0.3 is 0 Å². The van der Waals surface area contributed by atoms with E-state index >= 15 is 0 Å². The summed E-state index contributed by atoms with van der Waals surface area (Å²) in [7, 11) is 0. The highest BCUT2D eigenvalue weighted by atomic mass is 35.5. The summed E-state index contributed by atoms with van der Waals surface area (Å²) >= 11 is 7.02. The van der Waals surface area contributed by atoms with Crippen LogP contribution in [-0.4, -0.2) is 53.3 Å². The van der Waals surface area contributed by atoms with E-state index in [4.69, 9.17) is 27.2 Å². The zero-order chi connectivity index (χ0) is 24.9. The van der Waals surface area contributed by atoms with E-state index in [1.165, 1.54) is 0 Å². The molecular formula is C24H21ClN4O5S. The number of nitrogens with zero attached hydrogens (tertiary/aromatic N) is 2. The van der Waals surface area contributed by atoms with Crippen LogP contribution in [-0.2, 0) is 6.54 Å². The fourth-order valence-electron chi connectivity index (χ4n) is 3.51. The number of nitrogens with two attached hydrogens (primary N) is 1. The van der Waals surface area contributed by atoms with Crippen molar-refractivity contribution in [3.8, 4) is 5.75 Å². The normalized spacial score (nSPS) is 13.2. The number of nitrogens with one attached hydrogen (secondary N) is 1. The molecule has 3 amide bonds. The molecule has 0 spiro atoms. The smallest absolute Gasteiger partial charge is 0.265 e. The second-order valence-electron chi connectivity index (χ2n) is 7.52. The molecule has 4 N–H and O–H groups in total. The number of aliphatic hydroxyl groups is 1. The molecule has 0 bridgehead atoms. The number of aliphatic imine (C=N–C) groups is 1. The minimum Gasteiger partial charge on any atom is -0.486 e. The molecule has 180 valence electrons. The standard InChI is InChI=1S/C24H21ClN4O5S/c25-19-8-7-18(35-19)22(31)28-17-6-2-5-16-21(17)24(33)29(23(16)32)12-14-3-1-4-15(11-14)34-13-20(26)27-9-10-30/h1-8,11,30H,9-10,12-13H2,(H2,26,27)(H,28,31). The molecular weight excluding hydrogens is 492 g/mol. The zero-order valence-electron chi connectivity index (χ0n) is 18.4. The zero-order valence-corrected chi connectivity index (χ0v) is 19.9. The van der Waals surface area contributed by atoms with Gasteiger partial charge in [0.1, 0.15) is 18.2 Å². The Morgan fingerprint density at radius 3 is 2.69 bits per heavy atom. The molecule has 35 heavy (non-hydrogen) atoms. The first kappa shape index (κ1) is 24.4. The van der Waals surface area contributed by atoms with E-state index in [1.807, 2.05) is 0 Å². The summed E-state index contributed by atoms with van der Waals surface area (Å²) in [5, 5.41) is 11.5. The van der Waals surface area contributed by atoms with Gasteiger partial charge in [0.05, 0.1) is 45.7 Å². The molecule has 3 aromatic rings. The highest BCUT2D eigenvalue weighted by Gasteiger charge is 2.37. The molecule has 2 heterocycles. The third kappa shape index (κ3) is 5.51. The van der Waals surface area contributed by atoms with Gasteiger partial charge in [0.25, 0.3) is 17.7 Å². The lowest BCUT2D eigenvalue weighted by Gasteiger charge is -2.15. The van der Waals surface area contributed by atoms with E-state index in [1.54, 1.807) is 54.6 Å². The van der Waals surface area contributed by atoms with Crippen LogP contribution >= 0.6 is 22.9 Å². The molecule has 0 saturated carbocycles. The van der Waals surface area contributed by atoms with Crippen molar-refractivity contribution >= 4 is 52.2 Å². The quantitative estimate of drug-likeness (QED) is 0.229. The maximum atomic E-state index is 13.2. The summed E-state index contributed by atoms with van der Waals surface area (Å²) in [5.74, 6) is -0.641. The number of imide groups is 1. The fourth-order valence-corrected chi connectivity index (χ4v) is 4.45. The molecule has 4 rings (SSSR count). The summed E-state index contributed by atoms with van der Waals surface area (Å²) in [5.41, 5.74) is 7.02. The number of anilines is 1. The molecule has 0 aliphatic carbocycles. The summed E-state index contributed by atoms with van der Waals surface area (Å²) in [6, 6.07) is 14.9. The third-order valence-corrected chi connectivity index (χ3v) is 6.31. The molecule has 0 fully saturated rings. The Hall–Kier alpha value is -3.73. The van der Waals surface area contributed by atoms with Crippen molar-refractivity contribution in [1.82, 2.24) is 4.90 Å². The van der Waals surface area contributed by atoms with Crippen LogP contribution in [0.25, 0.3) is 0 Å². The van der Waals surface area contributed by atoms with Crippen LogP contribution in [0.2, 0.25) is 4.34 Å². The monoisotopic (exact) mass is 512 g/mol. The first-order valence-electron chi connectivity index (χ1n) is 10.5. The Morgan fingerprint density at radius 1 is 1.14 bits per heavy atom. The van der Waals surface area contributed by atoms with Gasteiger partial charge in [0.15, 0.2) is 0 Å². The van der Waals surface area contributed by atoms with Crippen LogP contribution in [0.3, 0.4) is 0 Å². The Morgan fingerprint density at radius 2 is 1.94 bits per heavy atom. The van der Waals surface area contributed by atoms with Gasteiger partial charge in [0, 0.05) is 0 Å². The number of benzene rings is 2. The highest BCUT2D eigenvalue weighted by Crippen LogP contribution is 2.32. The van der Waals surface area contributed by atoms with Gasteiger partial charge in [-0.1, -0.05) is 29.8 Å². The van der Waals surface area contributed by atoms with Crippen molar-refractivity contribution in [3.05, 3.63) is 80.5 Å². The number of amides is 3. The lowest BCUT2D eigenvalue weighted by atomic mass is 10.1. The van der Waals surface area contributed by atoms with Crippen molar-refractivity contribution < 1.29 is 24.2 Å². The van der Waals surface area contributed by atoms with Crippen molar-refractivity contribution in [1.29, 1.82) is 0 Å². The molecule has 1 aliphatic heterocycles. The van der Waals surface area contributed by atoms with Crippen LogP contribution < -0.4 is 15.8 Å². The topological polar surface area (TPSA) is 134 Å². The Balaban J connectivity index is 1.49. The average molecular weight is 513 g/mol. The van der Waals surface area contributed by atoms with E-state index in [0.717, 1.165) is 16.2 Å². The van der Waals surface area contributed by atoms with E-state index in [0.29, 0.717) is 20.5 Å². The number of hydrogen-bond donors (Lipinski definition) is 3. The van der Waals surface area contributed by atoms with Gasteiger partial charge in [0.2, 0.25) is 0 Å². The summed E-state index contributed by atoms with van der Waals surface area (Å²) in [4.78, 5) is 44.3. The minimum atomic E-state index is -0.503. The second-order valence-corrected chi connectivity index (χ2v) is 9.23. The second kappa shape index (κ2) is 10.7. The minimum absolute atomic E-state index is 0.0194. The van der Waals surface area contributed by atoms with E-state index in [9.17, 15) is 14.4 Å². The third-order valence-electron chi connectivity index (χ3n) is 5.08. The number of hydrogen-bond acceptors (Lipinski definition) is 7. The van der Waals surface area contributed by atoms with Crippen LogP contribution in [0.5, 0.6) is 5.75 Å². The number of aliphatic hydroxyl groups excluding tert-OH is 1. The maximum absolute atomic E-state index is 13.2. The van der Waals surface area contributed by atoms with Crippen molar-refractivity contribution in [2.75, 3.05) is 25.1 Å². The van der Waals surface area contributed by atoms with Gasteiger partial charge in [-0.05, 0) is 42.0 Å². The Bertz CT molecular complexity index is 1320. The van der Waals surface area contributed by atoms with Crippen LogP contribution in [0.4, 0.5) is 5.69 Å². The number of ether oxygens (including phenoxy) is 1. The Kier molecular flexibility index (Phi) is 7.45. The van der Waals surface area contributed by atoms with E-state index < -0.39 is 17.7 Å². The largest absolute Gasteiger partial charge is 0.486 e. The lowest BCUT2D eigenvalue weighted by molar-refractivity contribution is 0.0642. The fraction of sp³-hybridized carbons (Fsp3) is 0.167. The number of halogens is 1. The molecule has 0 unspecified atom stereocenters. The van der Waals surface area contributed by atoms with Gasteiger partial charge in [-0.15, -0.1) is 11.3 Å². The number of thiophene rings is 1. The summed E-state index contributed by atoms with van der Waals surface area (Å²) in [6.07, 6.45) is 0. The average Bonchev–Trinajstić information content (AvgIpc) is 3.39. The molecule has 2 aromatic carbocycles.